The van der Waals surface area contributed by atoms with Gasteiger partial charge in [0.1, 0.15) is 0 Å². The Hall–Kier alpha value is -0.120. The number of likely N-dealkylation sites (N-methyl/N-ethyl adjacent to an activating group) is 1. The Morgan fingerprint density at radius 1 is 1.07 bits per heavy atom. The van der Waals surface area contributed by atoms with Crippen molar-refractivity contribution in [2.24, 2.45) is 0 Å². The largest absolute Gasteiger partial charge is 0.306 e. The molecule has 3 heteroatoms. The van der Waals surface area contributed by atoms with Crippen LogP contribution in [0.25, 0.3) is 0 Å². The van der Waals surface area contributed by atoms with Crippen molar-refractivity contribution in [2.75, 3.05) is 47.3 Å². The van der Waals surface area contributed by atoms with E-state index >= 15 is 0 Å². The molecule has 2 saturated heterocycles. The normalized spacial score (nSPS) is 28.3. The number of hydrogen-bond acceptors (Lipinski definition) is 3. The third-order valence-corrected chi connectivity index (χ3v) is 3.83. The van der Waals surface area contributed by atoms with Crippen LogP contribution < -0.4 is 0 Å². The van der Waals surface area contributed by atoms with Crippen LogP contribution in [0.15, 0.2) is 0 Å². The van der Waals surface area contributed by atoms with Gasteiger partial charge in [0.25, 0.3) is 0 Å². The van der Waals surface area contributed by atoms with Crippen LogP contribution in [-0.2, 0) is 0 Å². The van der Waals surface area contributed by atoms with Gasteiger partial charge in [0.05, 0.1) is 0 Å². The molecule has 0 aromatic carbocycles. The van der Waals surface area contributed by atoms with Crippen LogP contribution in [0.5, 0.6) is 0 Å². The van der Waals surface area contributed by atoms with Crippen LogP contribution in [0.1, 0.15) is 12.8 Å². The predicted octanol–water partition coefficient (Wildman–Crippen LogP) is 0.326. The SMILES string of the molecule is CN1CCC(N2CC(N(C)C)C2)CC1. The van der Waals surface area contributed by atoms with Crippen molar-refractivity contribution in [3.63, 3.8) is 0 Å². The maximum Gasteiger partial charge on any atom is 0.0344 e. The maximum absolute atomic E-state index is 2.66. The van der Waals surface area contributed by atoms with Gasteiger partial charge in [-0.1, -0.05) is 0 Å². The van der Waals surface area contributed by atoms with E-state index in [1.807, 2.05) is 0 Å². The zero-order valence-corrected chi connectivity index (χ0v) is 9.74. The first kappa shape index (κ1) is 10.4. The number of rotatable bonds is 2. The van der Waals surface area contributed by atoms with Crippen molar-refractivity contribution in [2.45, 2.75) is 24.9 Å². The van der Waals surface area contributed by atoms with E-state index in [4.69, 9.17) is 0 Å². The van der Waals surface area contributed by atoms with E-state index in [9.17, 15) is 0 Å². The van der Waals surface area contributed by atoms with E-state index in [2.05, 4.69) is 35.8 Å². The van der Waals surface area contributed by atoms with Crippen molar-refractivity contribution in [3.8, 4) is 0 Å². The lowest BCUT2D eigenvalue weighted by molar-refractivity contribution is 0.00560. The zero-order chi connectivity index (χ0) is 10.1. The van der Waals surface area contributed by atoms with Gasteiger partial charge in [-0.05, 0) is 47.1 Å². The monoisotopic (exact) mass is 197 g/mol. The van der Waals surface area contributed by atoms with Gasteiger partial charge in [0.2, 0.25) is 0 Å². The highest BCUT2D eigenvalue weighted by Crippen LogP contribution is 2.22. The van der Waals surface area contributed by atoms with E-state index in [0.29, 0.717) is 0 Å². The molecule has 0 aliphatic carbocycles. The molecule has 0 radical (unpaired) electrons. The first-order valence-electron chi connectivity index (χ1n) is 5.76. The highest BCUT2D eigenvalue weighted by Gasteiger charge is 2.34. The smallest absolute Gasteiger partial charge is 0.0344 e. The summed E-state index contributed by atoms with van der Waals surface area (Å²) in [6.07, 6.45) is 2.74. The summed E-state index contributed by atoms with van der Waals surface area (Å²) in [4.78, 5) is 7.46. The lowest BCUT2D eigenvalue weighted by atomic mass is 9.97. The molecule has 0 aromatic rings. The molecule has 3 nitrogen and oxygen atoms in total. The van der Waals surface area contributed by atoms with Gasteiger partial charge >= 0.3 is 0 Å². The van der Waals surface area contributed by atoms with Crippen LogP contribution in [-0.4, -0.2) is 74.1 Å². The van der Waals surface area contributed by atoms with Gasteiger partial charge in [0, 0.05) is 25.2 Å². The van der Waals surface area contributed by atoms with E-state index in [-0.39, 0.29) is 0 Å². The minimum Gasteiger partial charge on any atom is -0.306 e. The van der Waals surface area contributed by atoms with E-state index < -0.39 is 0 Å². The molecule has 2 rings (SSSR count). The number of likely N-dealkylation sites (tertiary alicyclic amines) is 2. The average molecular weight is 197 g/mol. The molecule has 2 fully saturated rings. The van der Waals surface area contributed by atoms with Crippen LogP contribution in [0, 0.1) is 0 Å². The first-order valence-corrected chi connectivity index (χ1v) is 5.76. The Morgan fingerprint density at radius 2 is 1.64 bits per heavy atom. The average Bonchev–Trinajstić information content (AvgIpc) is 2.05. The lowest BCUT2D eigenvalue weighted by Gasteiger charge is -2.48. The minimum atomic E-state index is 0.814. The summed E-state index contributed by atoms with van der Waals surface area (Å²) >= 11 is 0. The fraction of sp³-hybridized carbons (Fsp3) is 1.00. The van der Waals surface area contributed by atoms with Gasteiger partial charge in [-0.25, -0.2) is 0 Å². The zero-order valence-electron chi connectivity index (χ0n) is 9.74. The van der Waals surface area contributed by atoms with Crippen molar-refractivity contribution in [1.29, 1.82) is 0 Å². The topological polar surface area (TPSA) is 9.72 Å². The summed E-state index contributed by atoms with van der Waals surface area (Å²) in [6, 6.07) is 1.69. The third-order valence-electron chi connectivity index (χ3n) is 3.83. The molecule has 2 aliphatic rings. The second kappa shape index (κ2) is 4.17. The van der Waals surface area contributed by atoms with E-state index in [1.165, 1.54) is 39.0 Å². The van der Waals surface area contributed by atoms with E-state index in [1.54, 1.807) is 0 Å². The van der Waals surface area contributed by atoms with Gasteiger partial charge in [0.15, 0.2) is 0 Å². The molecule has 14 heavy (non-hydrogen) atoms. The van der Waals surface area contributed by atoms with Crippen LogP contribution in [0.3, 0.4) is 0 Å². The van der Waals surface area contributed by atoms with Crippen LogP contribution >= 0.6 is 0 Å². The van der Waals surface area contributed by atoms with Gasteiger partial charge in [-0.3, -0.25) is 4.90 Å². The highest BCUT2D eigenvalue weighted by molar-refractivity contribution is 4.91. The third kappa shape index (κ3) is 2.10. The van der Waals surface area contributed by atoms with Crippen LogP contribution in [0.4, 0.5) is 0 Å². The summed E-state index contributed by atoms with van der Waals surface area (Å²) < 4.78 is 0. The molecule has 0 bridgehead atoms. The van der Waals surface area contributed by atoms with Crippen LogP contribution in [0.2, 0.25) is 0 Å². The molecule has 0 unspecified atom stereocenters. The van der Waals surface area contributed by atoms with Crippen molar-refractivity contribution in [3.05, 3.63) is 0 Å². The molecular formula is C11H23N3. The molecule has 0 aromatic heterocycles. The standard InChI is InChI=1S/C11H23N3/c1-12(2)11-8-14(9-11)10-4-6-13(3)7-5-10/h10-11H,4-9H2,1-3H3. The Bertz CT molecular complexity index is 179. The highest BCUT2D eigenvalue weighted by atomic mass is 15.3. The minimum absolute atomic E-state index is 0.814. The van der Waals surface area contributed by atoms with Crippen molar-refractivity contribution < 1.29 is 0 Å². The van der Waals surface area contributed by atoms with Gasteiger partial charge in [-0.15, -0.1) is 0 Å². The van der Waals surface area contributed by atoms with Gasteiger partial charge < -0.3 is 9.80 Å². The summed E-state index contributed by atoms with van der Waals surface area (Å²) in [5.74, 6) is 0. The number of nitrogens with zero attached hydrogens (tertiary/aromatic N) is 3. The Balaban J connectivity index is 1.72. The summed E-state index contributed by atoms with van der Waals surface area (Å²) in [5, 5.41) is 0. The van der Waals surface area contributed by atoms with Crippen molar-refractivity contribution in [1.82, 2.24) is 14.7 Å². The molecule has 0 amide bonds. The number of piperidine rings is 1. The summed E-state index contributed by atoms with van der Waals surface area (Å²) in [6.45, 7) is 5.16. The predicted molar refractivity (Wildman–Crippen MR) is 59.6 cm³/mol. The molecule has 0 N–H and O–H groups in total. The summed E-state index contributed by atoms with van der Waals surface area (Å²) in [5.41, 5.74) is 0. The molecule has 2 heterocycles. The molecule has 2 aliphatic heterocycles. The lowest BCUT2D eigenvalue weighted by Crippen LogP contribution is -2.61. The molecule has 0 saturated carbocycles. The second-order valence-corrected chi connectivity index (χ2v) is 5.11. The summed E-state index contributed by atoms with van der Waals surface area (Å²) in [7, 11) is 6.61. The molecule has 0 spiro atoms. The van der Waals surface area contributed by atoms with Crippen molar-refractivity contribution >= 4 is 0 Å². The second-order valence-electron chi connectivity index (χ2n) is 5.11. The Morgan fingerprint density at radius 3 is 2.14 bits per heavy atom. The maximum atomic E-state index is 2.66. The fourth-order valence-corrected chi connectivity index (χ4v) is 2.47. The van der Waals surface area contributed by atoms with E-state index in [0.717, 1.165) is 12.1 Å². The quantitative estimate of drug-likeness (QED) is 0.631. The van der Waals surface area contributed by atoms with Gasteiger partial charge in [-0.2, -0.15) is 0 Å². The molecule has 0 atom stereocenters. The fourth-order valence-electron chi connectivity index (χ4n) is 2.47. The number of hydrogen-bond donors (Lipinski definition) is 0. The Kier molecular flexibility index (Phi) is 3.10. The molecule has 82 valence electrons. The first-order chi connectivity index (χ1) is 6.66. The molecular weight excluding hydrogens is 174 g/mol. The Labute approximate surface area is 87.7 Å².